The third-order valence-corrected chi connectivity index (χ3v) is 13.2. The van der Waals surface area contributed by atoms with Gasteiger partial charge in [-0.3, -0.25) is 14.4 Å². The van der Waals surface area contributed by atoms with Crippen molar-refractivity contribution in [3.63, 3.8) is 0 Å². The van der Waals surface area contributed by atoms with Gasteiger partial charge in [0.25, 0.3) is 0 Å². The Morgan fingerprint density at radius 3 is 0.816 bits per heavy atom. The SMILES string of the molecule is CC/C=C\C/C=C\C/C=C\C/C=C\C/C=C\C/C=C\CCCCCCCCCCC(=O)OCC(COC(=O)CCCCCCC/C=C\CCCCC)OC(=O)CCCCCCCC/C=C\C/C=C\C/C=C\CCCCC. The minimum atomic E-state index is -0.796. The molecule has 0 saturated carbocycles. The van der Waals surface area contributed by atoms with Crippen molar-refractivity contribution >= 4 is 17.9 Å². The first kappa shape index (κ1) is 71.8. The van der Waals surface area contributed by atoms with Gasteiger partial charge >= 0.3 is 17.9 Å². The Bertz CT molecular complexity index is 1590. The van der Waals surface area contributed by atoms with Gasteiger partial charge in [0.15, 0.2) is 6.10 Å². The van der Waals surface area contributed by atoms with E-state index in [0.29, 0.717) is 19.3 Å². The number of allylic oxidation sites excluding steroid dienone is 20. The smallest absolute Gasteiger partial charge is 0.306 e. The number of carbonyl (C=O) groups excluding carboxylic acids is 3. The molecule has 0 aromatic rings. The van der Waals surface area contributed by atoms with E-state index in [1.54, 1.807) is 0 Å². The van der Waals surface area contributed by atoms with Crippen molar-refractivity contribution in [1.29, 1.82) is 0 Å². The highest BCUT2D eigenvalue weighted by atomic mass is 16.6. The maximum absolute atomic E-state index is 12.9. The van der Waals surface area contributed by atoms with Crippen molar-refractivity contribution in [3.8, 4) is 0 Å². The third kappa shape index (κ3) is 60.7. The van der Waals surface area contributed by atoms with E-state index in [1.807, 2.05) is 0 Å². The molecule has 0 aliphatic heterocycles. The Balaban J connectivity index is 4.36. The predicted molar refractivity (Wildman–Crippen MR) is 330 cm³/mol. The van der Waals surface area contributed by atoms with E-state index >= 15 is 0 Å². The lowest BCUT2D eigenvalue weighted by Crippen LogP contribution is -2.30. The van der Waals surface area contributed by atoms with E-state index in [9.17, 15) is 14.4 Å². The Labute approximate surface area is 469 Å². The number of ether oxygens (including phenoxy) is 3. The molecule has 432 valence electrons. The summed E-state index contributed by atoms with van der Waals surface area (Å²) in [7, 11) is 0. The van der Waals surface area contributed by atoms with E-state index in [4.69, 9.17) is 14.2 Å². The summed E-state index contributed by atoms with van der Waals surface area (Å²) in [5.74, 6) is -0.919. The molecular weight excluding hydrogens is 937 g/mol. The summed E-state index contributed by atoms with van der Waals surface area (Å²) in [6.07, 6.45) is 87.6. The highest BCUT2D eigenvalue weighted by Gasteiger charge is 2.19. The number of unbranched alkanes of at least 4 members (excludes halogenated alkanes) is 25. The molecule has 6 heteroatoms. The van der Waals surface area contributed by atoms with Crippen LogP contribution in [0.2, 0.25) is 0 Å². The molecule has 0 aromatic carbocycles. The van der Waals surface area contributed by atoms with Gasteiger partial charge in [-0.2, -0.15) is 0 Å². The molecule has 0 amide bonds. The van der Waals surface area contributed by atoms with E-state index < -0.39 is 6.10 Å². The molecule has 0 fully saturated rings. The Hall–Kier alpha value is -4.19. The lowest BCUT2D eigenvalue weighted by atomic mass is 10.1. The first-order chi connectivity index (χ1) is 37.5. The fourth-order valence-electron chi connectivity index (χ4n) is 8.45. The zero-order chi connectivity index (χ0) is 55.0. The summed E-state index contributed by atoms with van der Waals surface area (Å²) in [6.45, 7) is 6.46. The monoisotopic (exact) mass is 1050 g/mol. The van der Waals surface area contributed by atoms with Crippen molar-refractivity contribution in [2.45, 2.75) is 290 Å². The maximum Gasteiger partial charge on any atom is 0.306 e. The van der Waals surface area contributed by atoms with Crippen LogP contribution in [0.4, 0.5) is 0 Å². The van der Waals surface area contributed by atoms with Crippen molar-refractivity contribution in [1.82, 2.24) is 0 Å². The lowest BCUT2D eigenvalue weighted by Gasteiger charge is -2.18. The molecule has 0 aliphatic carbocycles. The van der Waals surface area contributed by atoms with Crippen LogP contribution in [0.1, 0.15) is 284 Å². The molecule has 1 unspecified atom stereocenters. The standard InChI is InChI=1S/C70H116O6/c1-4-7-10-13-16-19-22-25-27-29-31-32-33-34-35-36-37-38-40-41-43-45-48-51-54-57-60-63-69(72)75-66-67(65-74-68(71)62-59-56-53-50-47-24-21-18-15-12-9-6-3)76-70(73)64-61-58-55-52-49-46-44-42-39-30-28-26-23-20-17-14-11-8-5-2/h7,10,16-21,25-28,31-32,34-35,37-39,42,67H,4-6,8-9,11-15,22-24,29-30,33,36,40-41,43-66H2,1-3H3/b10-7-,19-16-,20-17-,21-18-,27-25-,28-26-,32-31-,35-34-,38-37-,42-39-. The second-order valence-electron chi connectivity index (χ2n) is 20.6. The third-order valence-electron chi connectivity index (χ3n) is 13.2. The van der Waals surface area contributed by atoms with E-state index in [2.05, 4.69) is 142 Å². The zero-order valence-corrected chi connectivity index (χ0v) is 49.5. The fourth-order valence-corrected chi connectivity index (χ4v) is 8.45. The van der Waals surface area contributed by atoms with E-state index in [1.165, 1.54) is 109 Å². The minimum absolute atomic E-state index is 0.0922. The number of carbonyl (C=O) groups is 3. The summed E-state index contributed by atoms with van der Waals surface area (Å²) >= 11 is 0. The van der Waals surface area contributed by atoms with Crippen LogP contribution in [-0.4, -0.2) is 37.2 Å². The van der Waals surface area contributed by atoms with Gasteiger partial charge in [0.1, 0.15) is 13.2 Å². The van der Waals surface area contributed by atoms with Gasteiger partial charge in [0.2, 0.25) is 0 Å². The van der Waals surface area contributed by atoms with Gasteiger partial charge in [-0.05, 0) is 135 Å². The average molecular weight is 1050 g/mol. The second-order valence-corrected chi connectivity index (χ2v) is 20.6. The summed E-state index contributed by atoms with van der Waals surface area (Å²) in [5.41, 5.74) is 0. The molecule has 0 bridgehead atoms. The van der Waals surface area contributed by atoms with Crippen molar-refractivity contribution < 1.29 is 28.6 Å². The Kier molecular flexibility index (Phi) is 59.9. The number of hydrogen-bond acceptors (Lipinski definition) is 6. The van der Waals surface area contributed by atoms with Crippen LogP contribution in [0, 0.1) is 0 Å². The van der Waals surface area contributed by atoms with Crippen LogP contribution in [0.3, 0.4) is 0 Å². The fraction of sp³-hybridized carbons (Fsp3) is 0.671. The lowest BCUT2D eigenvalue weighted by molar-refractivity contribution is -0.167. The highest BCUT2D eigenvalue weighted by molar-refractivity contribution is 5.71. The van der Waals surface area contributed by atoms with Crippen molar-refractivity contribution in [2.24, 2.45) is 0 Å². The van der Waals surface area contributed by atoms with Gasteiger partial charge in [0.05, 0.1) is 0 Å². The Morgan fingerprint density at radius 1 is 0.276 bits per heavy atom. The molecule has 0 rings (SSSR count). The number of hydrogen-bond donors (Lipinski definition) is 0. The van der Waals surface area contributed by atoms with Crippen LogP contribution in [0.25, 0.3) is 0 Å². The van der Waals surface area contributed by atoms with Crippen LogP contribution in [-0.2, 0) is 28.6 Å². The van der Waals surface area contributed by atoms with E-state index in [0.717, 1.165) is 135 Å². The molecule has 0 radical (unpaired) electrons. The van der Waals surface area contributed by atoms with E-state index in [-0.39, 0.29) is 31.1 Å². The average Bonchev–Trinajstić information content (AvgIpc) is 3.42. The molecule has 0 aromatic heterocycles. The second kappa shape index (κ2) is 63.3. The van der Waals surface area contributed by atoms with Gasteiger partial charge in [0, 0.05) is 19.3 Å². The summed E-state index contributed by atoms with van der Waals surface area (Å²) < 4.78 is 16.9. The molecule has 0 aliphatic rings. The van der Waals surface area contributed by atoms with Gasteiger partial charge < -0.3 is 14.2 Å². The summed E-state index contributed by atoms with van der Waals surface area (Å²) in [6, 6.07) is 0. The number of esters is 3. The predicted octanol–water partition coefficient (Wildman–Crippen LogP) is 21.6. The molecule has 0 N–H and O–H groups in total. The van der Waals surface area contributed by atoms with Crippen LogP contribution in [0.5, 0.6) is 0 Å². The quantitative estimate of drug-likeness (QED) is 0.0261. The van der Waals surface area contributed by atoms with Gasteiger partial charge in [-0.1, -0.05) is 251 Å². The molecule has 0 spiro atoms. The molecule has 76 heavy (non-hydrogen) atoms. The maximum atomic E-state index is 12.9. The molecule has 6 nitrogen and oxygen atoms in total. The molecule has 0 heterocycles. The van der Waals surface area contributed by atoms with Gasteiger partial charge in [-0.25, -0.2) is 0 Å². The largest absolute Gasteiger partial charge is 0.462 e. The van der Waals surface area contributed by atoms with Crippen LogP contribution >= 0.6 is 0 Å². The molecular formula is C70H116O6. The normalized spacial score (nSPS) is 12.9. The molecule has 0 saturated heterocycles. The zero-order valence-electron chi connectivity index (χ0n) is 49.5. The van der Waals surface area contributed by atoms with Crippen LogP contribution in [0.15, 0.2) is 122 Å². The van der Waals surface area contributed by atoms with Crippen LogP contribution < -0.4 is 0 Å². The number of rotatable bonds is 56. The summed E-state index contributed by atoms with van der Waals surface area (Å²) in [5, 5.41) is 0. The Morgan fingerprint density at radius 2 is 0.513 bits per heavy atom. The first-order valence-corrected chi connectivity index (χ1v) is 31.5. The summed E-state index contributed by atoms with van der Waals surface area (Å²) in [4.78, 5) is 38.3. The topological polar surface area (TPSA) is 78.9 Å². The highest BCUT2D eigenvalue weighted by Crippen LogP contribution is 2.15. The first-order valence-electron chi connectivity index (χ1n) is 31.5. The van der Waals surface area contributed by atoms with Crippen molar-refractivity contribution in [3.05, 3.63) is 122 Å². The molecule has 1 atom stereocenters. The van der Waals surface area contributed by atoms with Crippen molar-refractivity contribution in [2.75, 3.05) is 13.2 Å². The minimum Gasteiger partial charge on any atom is -0.462 e. The van der Waals surface area contributed by atoms with Gasteiger partial charge in [-0.15, -0.1) is 0 Å².